The Morgan fingerprint density at radius 1 is 1.07 bits per heavy atom. The summed E-state index contributed by atoms with van der Waals surface area (Å²) in [7, 11) is 3.14. The van der Waals surface area contributed by atoms with Crippen LogP contribution in [0.2, 0.25) is 0 Å². The number of benzene rings is 2. The lowest BCUT2D eigenvalue weighted by Crippen LogP contribution is -2.51. The van der Waals surface area contributed by atoms with Gasteiger partial charge in [-0.2, -0.15) is 0 Å². The van der Waals surface area contributed by atoms with Crippen LogP contribution in [-0.2, 0) is 9.53 Å². The standard InChI is InChI=1S/C22H24N2O5S/c1-14-19(21(25)29-12-11-28-15-7-5-4-6-8-15)20(24-22(30)23-14)17-13-16(26-2)9-10-18(17)27-3/h4-10,13,19-20H,1,11-12H2,2-3H3,(H2,23,24,30)/t19-,20+/m1/s1. The van der Waals surface area contributed by atoms with Crippen molar-refractivity contribution in [3.63, 3.8) is 0 Å². The van der Waals surface area contributed by atoms with Gasteiger partial charge >= 0.3 is 5.97 Å². The zero-order chi connectivity index (χ0) is 21.5. The number of hydrogen-bond acceptors (Lipinski definition) is 6. The Kier molecular flexibility index (Phi) is 7.13. The van der Waals surface area contributed by atoms with Gasteiger partial charge in [-0.05, 0) is 42.5 Å². The second kappa shape index (κ2) is 9.98. The molecule has 1 aliphatic heterocycles. The van der Waals surface area contributed by atoms with Crippen LogP contribution in [0.1, 0.15) is 11.6 Å². The molecule has 2 aromatic rings. The summed E-state index contributed by atoms with van der Waals surface area (Å²) in [5.74, 6) is 0.758. The van der Waals surface area contributed by atoms with Crippen molar-refractivity contribution in [1.29, 1.82) is 0 Å². The first-order valence-electron chi connectivity index (χ1n) is 9.36. The normalized spacial score (nSPS) is 18.1. The number of thiocarbonyl (C=S) groups is 1. The minimum atomic E-state index is -0.727. The molecule has 2 N–H and O–H groups in total. The van der Waals surface area contributed by atoms with Gasteiger partial charge in [-0.3, -0.25) is 4.79 Å². The molecule has 1 fully saturated rings. The Morgan fingerprint density at radius 3 is 2.53 bits per heavy atom. The number of ether oxygens (including phenoxy) is 4. The molecule has 0 aliphatic carbocycles. The van der Waals surface area contributed by atoms with E-state index >= 15 is 0 Å². The number of rotatable bonds is 8. The number of nitrogens with one attached hydrogen (secondary N) is 2. The number of methoxy groups -OCH3 is 2. The van der Waals surface area contributed by atoms with Crippen molar-refractivity contribution in [2.24, 2.45) is 5.92 Å². The Morgan fingerprint density at radius 2 is 1.83 bits per heavy atom. The lowest BCUT2D eigenvalue weighted by Gasteiger charge is -2.35. The largest absolute Gasteiger partial charge is 0.497 e. The van der Waals surface area contributed by atoms with Gasteiger partial charge in [-0.1, -0.05) is 24.8 Å². The molecule has 0 radical (unpaired) electrons. The monoisotopic (exact) mass is 428 g/mol. The summed E-state index contributed by atoms with van der Waals surface area (Å²) < 4.78 is 21.9. The van der Waals surface area contributed by atoms with E-state index in [1.54, 1.807) is 32.4 Å². The van der Waals surface area contributed by atoms with E-state index in [0.29, 0.717) is 33.6 Å². The van der Waals surface area contributed by atoms with Gasteiger partial charge in [0.1, 0.15) is 36.4 Å². The van der Waals surface area contributed by atoms with Gasteiger partial charge in [0.15, 0.2) is 5.11 Å². The first-order chi connectivity index (χ1) is 14.5. The Balaban J connectivity index is 1.74. The highest BCUT2D eigenvalue weighted by Gasteiger charge is 2.39. The first kappa shape index (κ1) is 21.4. The van der Waals surface area contributed by atoms with E-state index in [4.69, 9.17) is 31.2 Å². The summed E-state index contributed by atoms with van der Waals surface area (Å²) in [4.78, 5) is 12.9. The fourth-order valence-corrected chi connectivity index (χ4v) is 3.47. The average Bonchev–Trinajstić information content (AvgIpc) is 2.76. The van der Waals surface area contributed by atoms with Crippen LogP contribution in [-0.4, -0.2) is 38.5 Å². The molecule has 8 heteroatoms. The van der Waals surface area contributed by atoms with Crippen LogP contribution in [0.5, 0.6) is 17.2 Å². The van der Waals surface area contributed by atoms with Gasteiger partial charge in [0, 0.05) is 11.3 Å². The topological polar surface area (TPSA) is 78.0 Å². The molecule has 30 heavy (non-hydrogen) atoms. The van der Waals surface area contributed by atoms with Crippen molar-refractivity contribution < 1.29 is 23.7 Å². The molecule has 2 atom stereocenters. The predicted octanol–water partition coefficient (Wildman–Crippen LogP) is 2.97. The molecule has 0 aromatic heterocycles. The van der Waals surface area contributed by atoms with E-state index in [1.807, 2.05) is 30.3 Å². The third kappa shape index (κ3) is 5.01. The molecule has 2 aromatic carbocycles. The van der Waals surface area contributed by atoms with Gasteiger partial charge < -0.3 is 29.6 Å². The zero-order valence-corrected chi connectivity index (χ0v) is 17.7. The highest BCUT2D eigenvalue weighted by Crippen LogP contribution is 2.37. The minimum absolute atomic E-state index is 0.101. The summed E-state index contributed by atoms with van der Waals surface area (Å²) in [5, 5.41) is 6.41. The molecule has 158 valence electrons. The van der Waals surface area contributed by atoms with E-state index in [-0.39, 0.29) is 13.2 Å². The summed E-state index contributed by atoms with van der Waals surface area (Å²) in [6.07, 6.45) is 0. The van der Waals surface area contributed by atoms with Gasteiger partial charge in [0.25, 0.3) is 0 Å². The molecule has 0 bridgehead atoms. The Labute approximate surface area is 181 Å². The summed E-state index contributed by atoms with van der Waals surface area (Å²) in [6, 6.07) is 14.2. The molecular weight excluding hydrogens is 404 g/mol. The highest BCUT2D eigenvalue weighted by molar-refractivity contribution is 7.80. The van der Waals surface area contributed by atoms with Crippen molar-refractivity contribution in [1.82, 2.24) is 10.6 Å². The van der Waals surface area contributed by atoms with E-state index < -0.39 is 17.9 Å². The third-order valence-electron chi connectivity index (χ3n) is 4.63. The molecule has 0 unspecified atom stereocenters. The van der Waals surface area contributed by atoms with Crippen LogP contribution in [0.25, 0.3) is 0 Å². The molecule has 1 saturated heterocycles. The quantitative estimate of drug-likeness (QED) is 0.378. The summed E-state index contributed by atoms with van der Waals surface area (Å²) >= 11 is 5.27. The molecule has 7 nitrogen and oxygen atoms in total. The van der Waals surface area contributed by atoms with Crippen molar-refractivity contribution >= 4 is 23.3 Å². The Bertz CT molecular complexity index is 919. The lowest BCUT2D eigenvalue weighted by molar-refractivity contribution is -0.149. The molecule has 1 aliphatic rings. The lowest BCUT2D eigenvalue weighted by atomic mass is 9.88. The minimum Gasteiger partial charge on any atom is -0.497 e. The van der Waals surface area contributed by atoms with Gasteiger partial charge in [0.05, 0.1) is 20.3 Å². The molecule has 0 spiro atoms. The van der Waals surface area contributed by atoms with Crippen molar-refractivity contribution in [3.8, 4) is 17.2 Å². The summed E-state index contributed by atoms with van der Waals surface area (Å²) in [5.41, 5.74) is 1.16. The van der Waals surface area contributed by atoms with E-state index in [0.717, 1.165) is 0 Å². The van der Waals surface area contributed by atoms with Crippen LogP contribution < -0.4 is 24.8 Å². The van der Waals surface area contributed by atoms with Crippen molar-refractivity contribution in [3.05, 3.63) is 66.4 Å². The van der Waals surface area contributed by atoms with Crippen LogP contribution in [0.4, 0.5) is 0 Å². The fourth-order valence-electron chi connectivity index (χ4n) is 3.21. The molecule has 1 heterocycles. The van der Waals surface area contributed by atoms with E-state index in [9.17, 15) is 4.79 Å². The molecule has 0 saturated carbocycles. The van der Waals surface area contributed by atoms with Crippen molar-refractivity contribution in [2.45, 2.75) is 6.04 Å². The van der Waals surface area contributed by atoms with Gasteiger partial charge in [0.2, 0.25) is 0 Å². The first-order valence-corrected chi connectivity index (χ1v) is 9.77. The molecule has 3 rings (SSSR count). The van der Waals surface area contributed by atoms with Crippen LogP contribution in [0.3, 0.4) is 0 Å². The van der Waals surface area contributed by atoms with Crippen LogP contribution in [0.15, 0.2) is 60.8 Å². The number of carbonyl (C=O) groups is 1. The Hall–Kier alpha value is -3.26. The molecular formula is C22H24N2O5S. The fraction of sp³-hybridized carbons (Fsp3) is 0.273. The predicted molar refractivity (Wildman–Crippen MR) is 117 cm³/mol. The van der Waals surface area contributed by atoms with Crippen LogP contribution in [0, 0.1) is 5.92 Å². The second-order valence-electron chi connectivity index (χ2n) is 6.52. The maximum absolute atomic E-state index is 12.9. The number of carbonyl (C=O) groups excluding carboxylic acids is 1. The number of para-hydroxylation sites is 1. The van der Waals surface area contributed by atoms with E-state index in [2.05, 4.69) is 17.2 Å². The van der Waals surface area contributed by atoms with Crippen LogP contribution >= 0.6 is 12.2 Å². The van der Waals surface area contributed by atoms with Crippen molar-refractivity contribution in [2.75, 3.05) is 27.4 Å². The van der Waals surface area contributed by atoms with E-state index in [1.165, 1.54) is 0 Å². The number of hydrogen-bond donors (Lipinski definition) is 2. The highest BCUT2D eigenvalue weighted by atomic mass is 32.1. The average molecular weight is 429 g/mol. The van der Waals surface area contributed by atoms with Gasteiger partial charge in [-0.25, -0.2) is 0 Å². The second-order valence-corrected chi connectivity index (χ2v) is 6.92. The SMILES string of the molecule is C=C1NC(=S)N[C@@H](c2cc(OC)ccc2OC)[C@@H]1C(=O)OCCOc1ccccc1. The van der Waals surface area contributed by atoms with Gasteiger partial charge in [-0.15, -0.1) is 0 Å². The maximum atomic E-state index is 12.9. The zero-order valence-electron chi connectivity index (χ0n) is 16.8. The third-order valence-corrected chi connectivity index (χ3v) is 4.85. The molecule has 0 amide bonds. The smallest absolute Gasteiger partial charge is 0.317 e. The number of esters is 1. The summed E-state index contributed by atoms with van der Waals surface area (Å²) in [6.45, 7) is 4.31. The maximum Gasteiger partial charge on any atom is 0.317 e.